The van der Waals surface area contributed by atoms with Crippen LogP contribution in [-0.2, 0) is 4.79 Å². The lowest BCUT2D eigenvalue weighted by atomic mass is 10.1. The van der Waals surface area contributed by atoms with Crippen LogP contribution in [0.15, 0.2) is 47.8 Å². The van der Waals surface area contributed by atoms with Gasteiger partial charge in [0, 0.05) is 35.3 Å². The molecule has 3 rings (SSSR count). The number of aromatic carboxylic acids is 1. The van der Waals surface area contributed by atoms with Crippen LogP contribution in [0.25, 0.3) is 11.3 Å². The fourth-order valence-electron chi connectivity index (χ4n) is 2.47. The number of carboxylic acids is 1. The molecule has 3 aromatic rings. The molecule has 0 unspecified atom stereocenters. The Labute approximate surface area is 175 Å². The Bertz CT molecular complexity index is 1100. The zero-order valence-corrected chi connectivity index (χ0v) is 16.7. The van der Waals surface area contributed by atoms with E-state index in [0.717, 1.165) is 11.3 Å². The second kappa shape index (κ2) is 8.67. The van der Waals surface area contributed by atoms with Gasteiger partial charge in [0.1, 0.15) is 11.3 Å². The van der Waals surface area contributed by atoms with Crippen LogP contribution < -0.4 is 16.0 Å². The van der Waals surface area contributed by atoms with Gasteiger partial charge in [0.2, 0.25) is 5.91 Å². The van der Waals surface area contributed by atoms with Crippen LogP contribution in [0.1, 0.15) is 17.3 Å². The quantitative estimate of drug-likeness (QED) is 0.387. The van der Waals surface area contributed by atoms with Gasteiger partial charge in [-0.3, -0.25) is 4.79 Å². The maximum atomic E-state index is 11.2. The van der Waals surface area contributed by atoms with Crippen molar-refractivity contribution in [3.8, 4) is 17.0 Å². The summed E-state index contributed by atoms with van der Waals surface area (Å²) in [4.78, 5) is 26.6. The molecule has 0 bridgehead atoms. The molecule has 5 N–H and O–H groups in total. The smallest absolute Gasteiger partial charge is 0.339 e. The van der Waals surface area contributed by atoms with E-state index in [9.17, 15) is 14.7 Å². The molecule has 148 valence electrons. The molecule has 0 saturated carbocycles. The monoisotopic (exact) mass is 428 g/mol. The Morgan fingerprint density at radius 1 is 1.07 bits per heavy atom. The van der Waals surface area contributed by atoms with Gasteiger partial charge in [-0.25, -0.2) is 9.78 Å². The Hall–Kier alpha value is -3.50. The van der Waals surface area contributed by atoms with Gasteiger partial charge < -0.3 is 26.2 Å². The summed E-state index contributed by atoms with van der Waals surface area (Å²) in [7, 11) is 0. The second-order valence-electron chi connectivity index (χ2n) is 5.92. The number of nitrogens with zero attached hydrogens (tertiary/aromatic N) is 1. The minimum atomic E-state index is -1.22. The highest BCUT2D eigenvalue weighted by molar-refractivity contribution is 7.80. The Balaban J connectivity index is 1.67. The summed E-state index contributed by atoms with van der Waals surface area (Å²) in [6, 6.07) is 11.4. The molecule has 2 aromatic carbocycles. The van der Waals surface area contributed by atoms with Crippen molar-refractivity contribution in [2.45, 2.75) is 6.92 Å². The Morgan fingerprint density at radius 3 is 2.52 bits per heavy atom. The molecule has 8 nitrogen and oxygen atoms in total. The number of rotatable bonds is 5. The van der Waals surface area contributed by atoms with E-state index < -0.39 is 5.97 Å². The van der Waals surface area contributed by atoms with Crippen molar-refractivity contribution in [3.05, 3.63) is 53.4 Å². The van der Waals surface area contributed by atoms with Crippen molar-refractivity contribution in [1.29, 1.82) is 0 Å². The van der Waals surface area contributed by atoms with Crippen molar-refractivity contribution < 1.29 is 19.8 Å². The minimum absolute atomic E-state index is 0.151. The van der Waals surface area contributed by atoms with Gasteiger partial charge in [-0.2, -0.15) is 0 Å². The molecule has 1 amide bonds. The Morgan fingerprint density at radius 2 is 1.83 bits per heavy atom. The van der Waals surface area contributed by atoms with E-state index in [1.165, 1.54) is 36.5 Å². The van der Waals surface area contributed by atoms with Crippen molar-refractivity contribution in [2.75, 3.05) is 16.0 Å². The van der Waals surface area contributed by atoms with Gasteiger partial charge >= 0.3 is 5.97 Å². The molecule has 0 aliphatic heterocycles. The highest BCUT2D eigenvalue weighted by Gasteiger charge is 2.11. The number of thiazole rings is 1. The number of hydrogen-bond acceptors (Lipinski definition) is 6. The number of carboxylic acid groups (broad SMARTS) is 1. The fraction of sp³-hybridized carbons (Fsp3) is 0.0526. The van der Waals surface area contributed by atoms with Crippen molar-refractivity contribution in [3.63, 3.8) is 0 Å². The molecule has 0 fully saturated rings. The summed E-state index contributed by atoms with van der Waals surface area (Å²) in [6.45, 7) is 1.44. The number of hydrogen-bond donors (Lipinski definition) is 5. The summed E-state index contributed by atoms with van der Waals surface area (Å²) in [5, 5.41) is 29.9. The number of carbonyl (C=O) groups is 2. The van der Waals surface area contributed by atoms with Crippen LogP contribution in [0.4, 0.5) is 16.5 Å². The van der Waals surface area contributed by atoms with Crippen LogP contribution in [0.3, 0.4) is 0 Å². The maximum Gasteiger partial charge on any atom is 0.339 e. The lowest BCUT2D eigenvalue weighted by molar-refractivity contribution is -0.114. The average molecular weight is 428 g/mol. The first kappa shape index (κ1) is 20.2. The molecule has 0 radical (unpaired) electrons. The number of benzene rings is 2. The molecule has 10 heteroatoms. The number of thiocarbonyl (C=S) groups is 1. The Kier molecular flexibility index (Phi) is 6.05. The average Bonchev–Trinajstić information content (AvgIpc) is 3.09. The molecule has 0 atom stereocenters. The van der Waals surface area contributed by atoms with E-state index in [2.05, 4.69) is 20.9 Å². The van der Waals surface area contributed by atoms with E-state index in [1.54, 1.807) is 6.07 Å². The van der Waals surface area contributed by atoms with Gasteiger partial charge in [-0.1, -0.05) is 12.1 Å². The third-order valence-electron chi connectivity index (χ3n) is 3.69. The standard InChI is InChI=1S/C19H16N4O4S2/c1-10(24)20-12-4-2-3-11(7-12)15-9-29-19(22-15)23-18(28)21-13-5-6-14(17(26)27)16(25)8-13/h2-9,25H,1H3,(H,20,24)(H,26,27)(H2,21,22,23,28). The first-order chi connectivity index (χ1) is 13.8. The molecule has 0 spiro atoms. The normalized spacial score (nSPS) is 10.2. The topological polar surface area (TPSA) is 124 Å². The van der Waals surface area contributed by atoms with Gasteiger partial charge in [0.25, 0.3) is 0 Å². The van der Waals surface area contributed by atoms with Crippen LogP contribution in [0.5, 0.6) is 5.75 Å². The fourth-order valence-corrected chi connectivity index (χ4v) is 3.48. The summed E-state index contributed by atoms with van der Waals surface area (Å²) in [5.41, 5.74) is 2.48. The second-order valence-corrected chi connectivity index (χ2v) is 7.18. The summed E-state index contributed by atoms with van der Waals surface area (Å²) >= 11 is 6.59. The SMILES string of the molecule is CC(=O)Nc1cccc(-c2csc(NC(=S)Nc3ccc(C(=O)O)c(O)c3)n2)c1. The molecule has 0 aliphatic rings. The van der Waals surface area contributed by atoms with Crippen molar-refractivity contribution in [2.24, 2.45) is 0 Å². The van der Waals surface area contributed by atoms with Gasteiger partial charge in [-0.05, 0) is 36.5 Å². The number of phenols is 1. The number of anilines is 3. The number of aromatic nitrogens is 1. The minimum Gasteiger partial charge on any atom is -0.507 e. The highest BCUT2D eigenvalue weighted by atomic mass is 32.1. The lowest BCUT2D eigenvalue weighted by Gasteiger charge is -2.09. The number of amides is 1. The first-order valence-corrected chi connectivity index (χ1v) is 9.58. The third kappa shape index (κ3) is 5.27. The van der Waals surface area contributed by atoms with Crippen molar-refractivity contribution in [1.82, 2.24) is 4.98 Å². The van der Waals surface area contributed by atoms with Crippen LogP contribution in [0, 0.1) is 0 Å². The number of nitrogens with one attached hydrogen (secondary N) is 3. The van der Waals surface area contributed by atoms with E-state index in [1.807, 2.05) is 23.6 Å². The van der Waals surface area contributed by atoms with Crippen LogP contribution in [0.2, 0.25) is 0 Å². The van der Waals surface area contributed by atoms with E-state index in [0.29, 0.717) is 16.5 Å². The summed E-state index contributed by atoms with van der Waals surface area (Å²) in [5.74, 6) is -1.73. The molecule has 0 saturated heterocycles. The van der Waals surface area contributed by atoms with E-state index in [-0.39, 0.29) is 22.3 Å². The molecule has 0 aliphatic carbocycles. The molecular weight excluding hydrogens is 412 g/mol. The maximum absolute atomic E-state index is 11.2. The zero-order chi connectivity index (χ0) is 21.0. The van der Waals surface area contributed by atoms with E-state index >= 15 is 0 Å². The van der Waals surface area contributed by atoms with Gasteiger partial charge in [-0.15, -0.1) is 11.3 Å². The molecule has 1 aromatic heterocycles. The summed E-state index contributed by atoms with van der Waals surface area (Å²) in [6.07, 6.45) is 0. The van der Waals surface area contributed by atoms with Crippen molar-refractivity contribution >= 4 is 57.0 Å². The lowest BCUT2D eigenvalue weighted by Crippen LogP contribution is -2.19. The molecular formula is C19H16N4O4S2. The third-order valence-corrected chi connectivity index (χ3v) is 4.65. The van der Waals surface area contributed by atoms with Gasteiger partial charge in [0.15, 0.2) is 10.2 Å². The van der Waals surface area contributed by atoms with Crippen LogP contribution >= 0.6 is 23.6 Å². The number of aromatic hydroxyl groups is 1. The largest absolute Gasteiger partial charge is 0.507 e. The predicted octanol–water partition coefficient (Wildman–Crippen LogP) is 3.98. The number of carbonyl (C=O) groups excluding carboxylic acids is 1. The zero-order valence-electron chi connectivity index (χ0n) is 15.1. The van der Waals surface area contributed by atoms with Crippen LogP contribution in [-0.4, -0.2) is 32.2 Å². The summed E-state index contributed by atoms with van der Waals surface area (Å²) < 4.78 is 0. The predicted molar refractivity (Wildman–Crippen MR) is 117 cm³/mol. The van der Waals surface area contributed by atoms with E-state index in [4.69, 9.17) is 17.3 Å². The first-order valence-electron chi connectivity index (χ1n) is 8.29. The highest BCUT2D eigenvalue weighted by Crippen LogP contribution is 2.27. The molecule has 1 heterocycles. The molecule has 29 heavy (non-hydrogen) atoms. The van der Waals surface area contributed by atoms with Gasteiger partial charge in [0.05, 0.1) is 5.69 Å².